The van der Waals surface area contributed by atoms with Gasteiger partial charge in [-0.25, -0.2) is 28.2 Å². The molecule has 4 N–H and O–H groups in total. The lowest BCUT2D eigenvalue weighted by Crippen LogP contribution is -2.33. The number of aliphatic hydroxyl groups is 2. The molecule has 0 saturated carbocycles. The van der Waals surface area contributed by atoms with Crippen LogP contribution in [-0.2, 0) is 41.8 Å². The highest BCUT2D eigenvalue weighted by Crippen LogP contribution is 2.50. The Hall–Kier alpha value is -2.44. The third-order valence-electron chi connectivity index (χ3n) is 4.10. The second-order valence-corrected chi connectivity index (χ2v) is 10.2. The maximum Gasteiger partial charge on any atom is 0.510 e. The molecule has 0 bridgehead atoms. The van der Waals surface area contributed by atoms with Gasteiger partial charge in [0, 0.05) is 0 Å². The molecule has 0 aliphatic carbocycles. The Morgan fingerprint density at radius 3 is 2.00 bits per heavy atom. The minimum atomic E-state index is -4.62. The summed E-state index contributed by atoms with van der Waals surface area (Å²) >= 11 is 0.719. The number of nitrogens with zero attached hydrogens (tertiary/aromatic N) is 2. The van der Waals surface area contributed by atoms with Crippen LogP contribution in [0.3, 0.4) is 0 Å². The molecule has 0 aromatic carbocycles. The number of aromatic nitrogens is 2. The number of hydrogen-bond acceptors (Lipinski definition) is 17. The Morgan fingerprint density at radius 1 is 1.00 bits per heavy atom. The zero-order valence-corrected chi connectivity index (χ0v) is 21.9. The number of ether oxygens (including phenoxy) is 5. The fourth-order valence-electron chi connectivity index (χ4n) is 2.55. The smallest absolute Gasteiger partial charge is 0.432 e. The van der Waals surface area contributed by atoms with E-state index in [0.29, 0.717) is 0 Å². The maximum absolute atomic E-state index is 13.0. The lowest BCUT2D eigenvalue weighted by molar-refractivity contribution is -0.0598. The van der Waals surface area contributed by atoms with Gasteiger partial charge in [0.25, 0.3) is 5.91 Å². The van der Waals surface area contributed by atoms with Gasteiger partial charge in [-0.05, 0) is 39.2 Å². The highest BCUT2D eigenvalue weighted by atomic mass is 32.1. The molecule has 1 aliphatic heterocycles. The number of phosphoric ester groups is 1. The quantitative estimate of drug-likeness (QED) is 0.169. The van der Waals surface area contributed by atoms with E-state index in [1.165, 1.54) is 0 Å². The molecule has 17 nitrogen and oxygen atoms in total. The summed E-state index contributed by atoms with van der Waals surface area (Å²) in [4.78, 5) is 38.1. The van der Waals surface area contributed by atoms with Gasteiger partial charge in [0.05, 0.1) is 18.8 Å². The molecule has 1 aromatic heterocycles. The Kier molecular flexibility index (Phi) is 11.6. The first-order valence-corrected chi connectivity index (χ1v) is 12.9. The number of primary amides is 1. The molecule has 1 fully saturated rings. The van der Waals surface area contributed by atoms with Gasteiger partial charge in [-0.3, -0.25) is 9.32 Å². The van der Waals surface area contributed by atoms with Crippen molar-refractivity contribution < 1.29 is 66.4 Å². The van der Waals surface area contributed by atoms with Gasteiger partial charge in [0.1, 0.15) is 29.4 Å². The van der Waals surface area contributed by atoms with Crippen molar-refractivity contribution in [3.8, 4) is 0 Å². The number of phosphoric acid groups is 1. The number of carbonyl (C=O) groups is 3. The molecule has 210 valence electrons. The van der Waals surface area contributed by atoms with Crippen molar-refractivity contribution in [3.63, 3.8) is 0 Å². The molecule has 1 aliphatic rings. The molecule has 2 rings (SSSR count). The Labute approximate surface area is 214 Å². The lowest BCUT2D eigenvalue weighted by atomic mass is 10.1. The van der Waals surface area contributed by atoms with Crippen LogP contribution in [-0.4, -0.2) is 88.5 Å². The molecule has 19 heteroatoms. The third kappa shape index (κ3) is 9.75. The first-order chi connectivity index (χ1) is 17.3. The summed E-state index contributed by atoms with van der Waals surface area (Å²) in [6.45, 7) is 3.70. The predicted molar refractivity (Wildman–Crippen MR) is 119 cm³/mol. The van der Waals surface area contributed by atoms with E-state index in [9.17, 15) is 29.2 Å². The number of amides is 1. The fraction of sp³-hybridized carbons (Fsp3) is 0.722. The second-order valence-electron chi connectivity index (χ2n) is 7.76. The average Bonchev–Trinajstić information content (AvgIpc) is 3.37. The normalized spacial score (nSPS) is 21.7. The molecule has 4 atom stereocenters. The highest BCUT2D eigenvalue weighted by molar-refractivity contribution is 7.48. The van der Waals surface area contributed by atoms with Crippen molar-refractivity contribution in [1.82, 2.24) is 9.36 Å². The van der Waals surface area contributed by atoms with Crippen LogP contribution in [0.5, 0.6) is 0 Å². The van der Waals surface area contributed by atoms with Gasteiger partial charge in [0.2, 0.25) is 19.4 Å². The third-order valence-corrected chi connectivity index (χ3v) is 6.19. The van der Waals surface area contributed by atoms with Crippen molar-refractivity contribution in [1.29, 1.82) is 0 Å². The first-order valence-electron chi connectivity index (χ1n) is 10.7. The molecule has 0 unspecified atom stereocenters. The number of nitrogens with two attached hydrogens (primary N) is 1. The van der Waals surface area contributed by atoms with Crippen LogP contribution < -0.4 is 5.73 Å². The number of aliphatic hydroxyl groups excluding tert-OH is 2. The van der Waals surface area contributed by atoms with E-state index in [4.69, 9.17) is 33.5 Å². The Balaban J connectivity index is 2.00. The molecule has 1 aromatic rings. The molecule has 37 heavy (non-hydrogen) atoms. The van der Waals surface area contributed by atoms with Crippen molar-refractivity contribution in [2.45, 2.75) is 64.3 Å². The number of rotatable bonds is 13. The van der Waals surface area contributed by atoms with Crippen LogP contribution in [0.1, 0.15) is 49.4 Å². The molecule has 2 heterocycles. The van der Waals surface area contributed by atoms with E-state index in [0.717, 1.165) is 11.5 Å². The van der Waals surface area contributed by atoms with Crippen molar-refractivity contribution in [2.24, 2.45) is 5.73 Å². The van der Waals surface area contributed by atoms with Gasteiger partial charge < -0.3 is 39.6 Å². The zero-order chi connectivity index (χ0) is 27.8. The molecule has 1 amide bonds. The summed E-state index contributed by atoms with van der Waals surface area (Å²) in [5.74, 6) is -1.20. The summed E-state index contributed by atoms with van der Waals surface area (Å²) in [6, 6.07) is 0. The summed E-state index contributed by atoms with van der Waals surface area (Å²) in [6.07, 6.45) is -8.85. The summed E-state index contributed by atoms with van der Waals surface area (Å²) < 4.78 is 55.9. The van der Waals surface area contributed by atoms with Gasteiger partial charge in [-0.15, -0.1) is 0 Å². The van der Waals surface area contributed by atoms with E-state index in [-0.39, 0.29) is 10.8 Å². The maximum atomic E-state index is 13.0. The van der Waals surface area contributed by atoms with Crippen LogP contribution in [0.4, 0.5) is 9.59 Å². The molecule has 0 spiro atoms. The minimum absolute atomic E-state index is 0.0488. The summed E-state index contributed by atoms with van der Waals surface area (Å²) in [7, 11) is -4.62. The van der Waals surface area contributed by atoms with Gasteiger partial charge >= 0.3 is 20.1 Å². The van der Waals surface area contributed by atoms with Crippen LogP contribution in [0, 0.1) is 0 Å². The van der Waals surface area contributed by atoms with Crippen molar-refractivity contribution in [3.05, 3.63) is 10.8 Å². The van der Waals surface area contributed by atoms with E-state index in [2.05, 4.69) is 18.8 Å². The summed E-state index contributed by atoms with van der Waals surface area (Å²) in [5, 5.41) is 20.7. The number of hydrogen-bond donors (Lipinski definition) is 3. The topological polar surface area (TPSA) is 234 Å². The van der Waals surface area contributed by atoms with Crippen LogP contribution in [0.25, 0.3) is 0 Å². The largest absolute Gasteiger partial charge is 0.510 e. The van der Waals surface area contributed by atoms with E-state index in [1.807, 2.05) is 0 Å². The molecule has 1 saturated heterocycles. The van der Waals surface area contributed by atoms with Gasteiger partial charge in [0.15, 0.2) is 0 Å². The van der Waals surface area contributed by atoms with E-state index >= 15 is 0 Å². The minimum Gasteiger partial charge on any atom is -0.432 e. The predicted octanol–water partition coefficient (Wildman–Crippen LogP) is 0.995. The van der Waals surface area contributed by atoms with Crippen molar-refractivity contribution in [2.75, 3.05) is 20.2 Å². The molecule has 0 radical (unpaired) electrons. The number of carbonyl (C=O) groups excluding carboxylic acids is 3. The average molecular weight is 573 g/mol. The van der Waals surface area contributed by atoms with Gasteiger partial charge in [-0.2, -0.15) is 4.37 Å². The van der Waals surface area contributed by atoms with E-state index < -0.39 is 82.9 Å². The van der Waals surface area contributed by atoms with Crippen LogP contribution in [0.15, 0.2) is 0 Å². The molecular weight excluding hydrogens is 545 g/mol. The Morgan fingerprint density at radius 2 is 1.54 bits per heavy atom. The second kappa shape index (κ2) is 13.9. The zero-order valence-electron chi connectivity index (χ0n) is 20.2. The summed E-state index contributed by atoms with van der Waals surface area (Å²) in [5.41, 5.74) is 5.11. The standard InChI is InChI=1S/C18H28N3O14PS/c1-8(2)33-17(25)28-6-31-36(27,32-7-29-18(26)34-9(3)4)30-5-10-11(22)12(23)13(35-10)16-20-15(14(19)24)21-37-16/h8-13,22-23H,5-7H2,1-4H3,(H2,19,24)/t10-,11-,12-,13-/m1/s1. The molecular formula is C18H28N3O14PS. The first kappa shape index (κ1) is 30.8. The van der Waals surface area contributed by atoms with Gasteiger partial charge in [-0.1, -0.05) is 0 Å². The lowest BCUT2D eigenvalue weighted by Gasteiger charge is -2.21. The Bertz CT molecular complexity index is 943. The highest BCUT2D eigenvalue weighted by Gasteiger charge is 2.46. The van der Waals surface area contributed by atoms with Crippen LogP contribution in [0.2, 0.25) is 0 Å². The van der Waals surface area contributed by atoms with Crippen LogP contribution >= 0.6 is 19.4 Å². The van der Waals surface area contributed by atoms with Crippen molar-refractivity contribution >= 4 is 37.6 Å². The fourth-order valence-corrected chi connectivity index (χ4v) is 4.20. The SMILES string of the molecule is CC(C)OC(=O)OCOP(=O)(OCOC(=O)OC(C)C)OC[C@H]1O[C@@H](c2nc(C(N)=O)ns2)[C@H](O)[C@@H]1O. The monoisotopic (exact) mass is 573 g/mol. The van der Waals surface area contributed by atoms with E-state index in [1.54, 1.807) is 27.7 Å².